The molecule has 35 heavy (non-hydrogen) atoms. The van der Waals surface area contributed by atoms with Crippen molar-refractivity contribution < 1.29 is 21.8 Å². The van der Waals surface area contributed by atoms with E-state index < -0.39 is 38.8 Å². The lowest BCUT2D eigenvalue weighted by molar-refractivity contribution is -0.137. The molecule has 2 aromatic carbocycles. The molecule has 4 rings (SSSR count). The van der Waals surface area contributed by atoms with Gasteiger partial charge >= 0.3 is 6.18 Å². The SMILES string of the molecule is Cc1ccc(Nc2c(NS(=O)C3CC3c3ccc(Cl)c(C(F)(F)F)c3)cc(C)c(=O)n2C)c(F)c1. The minimum atomic E-state index is -4.59. The number of rotatable bonds is 6. The molecule has 5 nitrogen and oxygen atoms in total. The third-order valence-electron chi connectivity index (χ3n) is 5.91. The largest absolute Gasteiger partial charge is 0.417 e. The monoisotopic (exact) mass is 527 g/mol. The zero-order valence-electron chi connectivity index (χ0n) is 19.0. The molecule has 0 radical (unpaired) electrons. The number of nitrogens with zero attached hydrogens (tertiary/aromatic N) is 1. The maximum absolute atomic E-state index is 14.4. The summed E-state index contributed by atoms with van der Waals surface area (Å²) in [6, 6.07) is 9.78. The first-order chi connectivity index (χ1) is 16.4. The lowest BCUT2D eigenvalue weighted by Crippen LogP contribution is -2.24. The first-order valence-electron chi connectivity index (χ1n) is 10.6. The zero-order valence-corrected chi connectivity index (χ0v) is 20.5. The molecule has 1 heterocycles. The number of anilines is 3. The Morgan fingerprint density at radius 1 is 1.09 bits per heavy atom. The minimum Gasteiger partial charge on any atom is -0.337 e. The highest BCUT2D eigenvalue weighted by Gasteiger charge is 2.45. The van der Waals surface area contributed by atoms with E-state index in [2.05, 4.69) is 10.0 Å². The predicted molar refractivity (Wildman–Crippen MR) is 130 cm³/mol. The smallest absolute Gasteiger partial charge is 0.337 e. The quantitative estimate of drug-likeness (QED) is 0.376. The molecule has 0 aliphatic heterocycles. The van der Waals surface area contributed by atoms with Crippen molar-refractivity contribution in [2.24, 2.45) is 7.05 Å². The Bertz CT molecular complexity index is 1390. The minimum absolute atomic E-state index is 0.133. The maximum Gasteiger partial charge on any atom is 0.417 e. The number of hydrogen-bond donors (Lipinski definition) is 2. The van der Waals surface area contributed by atoms with Gasteiger partial charge in [-0.1, -0.05) is 23.7 Å². The van der Waals surface area contributed by atoms with Crippen molar-refractivity contribution in [1.82, 2.24) is 4.57 Å². The molecule has 0 saturated heterocycles. The van der Waals surface area contributed by atoms with E-state index in [9.17, 15) is 26.6 Å². The summed E-state index contributed by atoms with van der Waals surface area (Å²) in [4.78, 5) is 12.5. The second-order valence-corrected chi connectivity index (χ2v) is 10.4. The van der Waals surface area contributed by atoms with Crippen molar-refractivity contribution >= 4 is 39.8 Å². The average Bonchev–Trinajstić information content (AvgIpc) is 3.57. The van der Waals surface area contributed by atoms with E-state index in [-0.39, 0.29) is 23.0 Å². The number of nitrogens with one attached hydrogen (secondary N) is 2. The van der Waals surface area contributed by atoms with Crippen LogP contribution in [0.4, 0.5) is 34.8 Å². The van der Waals surface area contributed by atoms with E-state index >= 15 is 0 Å². The second kappa shape index (κ2) is 9.31. The summed E-state index contributed by atoms with van der Waals surface area (Å²) in [7, 11) is -0.185. The molecule has 3 aromatic rings. The van der Waals surface area contributed by atoms with E-state index in [1.165, 1.54) is 41.9 Å². The van der Waals surface area contributed by atoms with Crippen LogP contribution in [0.5, 0.6) is 0 Å². The fourth-order valence-electron chi connectivity index (χ4n) is 3.91. The number of alkyl halides is 3. The van der Waals surface area contributed by atoms with Crippen LogP contribution in [0.1, 0.15) is 34.6 Å². The van der Waals surface area contributed by atoms with Gasteiger partial charge in [0.25, 0.3) is 5.56 Å². The van der Waals surface area contributed by atoms with Gasteiger partial charge in [-0.25, -0.2) is 8.60 Å². The molecule has 0 spiro atoms. The number of hydrogen-bond acceptors (Lipinski definition) is 3. The fraction of sp³-hybridized carbons (Fsp3) is 0.292. The third kappa shape index (κ3) is 5.23. The highest BCUT2D eigenvalue weighted by molar-refractivity contribution is 7.87. The Morgan fingerprint density at radius 2 is 1.80 bits per heavy atom. The summed E-state index contributed by atoms with van der Waals surface area (Å²) in [5, 5.41) is 2.06. The summed E-state index contributed by atoms with van der Waals surface area (Å²) in [6.45, 7) is 3.34. The van der Waals surface area contributed by atoms with Crippen molar-refractivity contribution in [3.8, 4) is 0 Å². The van der Waals surface area contributed by atoms with Crippen LogP contribution in [-0.2, 0) is 24.2 Å². The molecule has 186 valence electrons. The number of halogens is 5. The van der Waals surface area contributed by atoms with Crippen molar-refractivity contribution in [1.29, 1.82) is 0 Å². The van der Waals surface area contributed by atoms with Gasteiger partial charge in [-0.15, -0.1) is 0 Å². The van der Waals surface area contributed by atoms with Gasteiger partial charge in [0.1, 0.15) is 22.6 Å². The third-order valence-corrected chi connectivity index (χ3v) is 7.73. The van der Waals surface area contributed by atoms with Crippen LogP contribution >= 0.6 is 11.6 Å². The van der Waals surface area contributed by atoms with Crippen LogP contribution in [0.25, 0.3) is 0 Å². The van der Waals surface area contributed by atoms with Crippen molar-refractivity contribution in [3.63, 3.8) is 0 Å². The van der Waals surface area contributed by atoms with Crippen LogP contribution < -0.4 is 15.6 Å². The Labute approximate surface area is 206 Å². The summed E-state index contributed by atoms with van der Waals surface area (Å²) >= 11 is 5.70. The highest BCUT2D eigenvalue weighted by Crippen LogP contribution is 2.47. The summed E-state index contributed by atoms with van der Waals surface area (Å²) < 4.78 is 71.3. The van der Waals surface area contributed by atoms with E-state index in [1.807, 2.05) is 0 Å². The van der Waals surface area contributed by atoms with E-state index in [0.717, 1.165) is 11.6 Å². The molecule has 1 saturated carbocycles. The molecule has 11 heteroatoms. The molecule has 3 atom stereocenters. The lowest BCUT2D eigenvalue weighted by atomic mass is 10.1. The predicted octanol–water partition coefficient (Wildman–Crippen LogP) is 6.19. The van der Waals surface area contributed by atoms with Crippen LogP contribution in [0.15, 0.2) is 47.3 Å². The topological polar surface area (TPSA) is 63.1 Å². The fourth-order valence-corrected chi connectivity index (χ4v) is 5.49. The number of pyridine rings is 1. The van der Waals surface area contributed by atoms with Gasteiger partial charge in [-0.05, 0) is 61.7 Å². The van der Waals surface area contributed by atoms with Gasteiger partial charge in [0.2, 0.25) is 0 Å². The van der Waals surface area contributed by atoms with E-state index in [0.29, 0.717) is 23.2 Å². The van der Waals surface area contributed by atoms with Crippen molar-refractivity contribution in [2.75, 3.05) is 10.0 Å². The number of aromatic nitrogens is 1. The molecule has 2 N–H and O–H groups in total. The van der Waals surface area contributed by atoms with Gasteiger partial charge < -0.3 is 10.0 Å². The average molecular weight is 528 g/mol. The Kier molecular flexibility index (Phi) is 6.72. The normalized spacial score (nSPS) is 18.3. The molecular formula is C24H22ClF4N3O2S. The first kappa shape index (κ1) is 25.2. The second-order valence-electron chi connectivity index (χ2n) is 8.58. The van der Waals surface area contributed by atoms with Crippen LogP contribution in [0, 0.1) is 19.7 Å². The van der Waals surface area contributed by atoms with Crippen LogP contribution in [-0.4, -0.2) is 14.0 Å². The molecule has 1 fully saturated rings. The maximum atomic E-state index is 14.4. The standard InChI is InChI=1S/C24H22ClF4N3O2S/c1-12-4-7-19(18(26)8-12)30-22-20(9-13(2)23(33)32(22)3)31-35(34)21-11-15(21)14-5-6-17(25)16(10-14)24(27,28)29/h4-10,15,21,30-31H,11H2,1-3H3. The summed E-state index contributed by atoms with van der Waals surface area (Å²) in [6.07, 6.45) is -4.17. The Hall–Kier alpha value is -2.85. The molecule has 1 aliphatic rings. The van der Waals surface area contributed by atoms with Gasteiger partial charge in [0.05, 0.1) is 27.2 Å². The van der Waals surface area contributed by atoms with E-state index in [4.69, 9.17) is 11.6 Å². The zero-order chi connectivity index (χ0) is 25.7. The van der Waals surface area contributed by atoms with Gasteiger partial charge in [-0.3, -0.25) is 9.36 Å². The van der Waals surface area contributed by atoms with Crippen molar-refractivity contribution in [3.05, 3.63) is 85.9 Å². The Balaban J connectivity index is 1.59. The molecule has 0 amide bonds. The summed E-state index contributed by atoms with van der Waals surface area (Å²) in [5.74, 6) is -0.656. The Morgan fingerprint density at radius 3 is 2.46 bits per heavy atom. The number of benzene rings is 2. The highest BCUT2D eigenvalue weighted by atomic mass is 35.5. The van der Waals surface area contributed by atoms with Gasteiger partial charge in [0.15, 0.2) is 0 Å². The van der Waals surface area contributed by atoms with Gasteiger partial charge in [-0.2, -0.15) is 13.2 Å². The molecule has 3 unspecified atom stereocenters. The van der Waals surface area contributed by atoms with E-state index in [1.54, 1.807) is 19.9 Å². The lowest BCUT2D eigenvalue weighted by Gasteiger charge is -2.18. The molecule has 1 aliphatic carbocycles. The van der Waals surface area contributed by atoms with Crippen LogP contribution in [0.2, 0.25) is 5.02 Å². The summed E-state index contributed by atoms with van der Waals surface area (Å²) in [5.41, 5.74) is 0.693. The molecule has 1 aromatic heterocycles. The van der Waals surface area contributed by atoms with Crippen LogP contribution in [0.3, 0.4) is 0 Å². The first-order valence-corrected chi connectivity index (χ1v) is 12.2. The van der Waals surface area contributed by atoms with Gasteiger partial charge in [0, 0.05) is 18.5 Å². The van der Waals surface area contributed by atoms with Crippen molar-refractivity contribution in [2.45, 2.75) is 37.6 Å². The molecular weight excluding hydrogens is 506 g/mol. The molecule has 0 bridgehead atoms. The number of aryl methyl sites for hydroxylation is 2.